The molecule has 0 aliphatic rings. The number of alkyl halides is 3. The first-order valence-electron chi connectivity index (χ1n) is 5.40. The van der Waals surface area contributed by atoms with E-state index in [1.807, 2.05) is 0 Å². The lowest BCUT2D eigenvalue weighted by Gasteiger charge is -2.13. The number of anilines is 1. The van der Waals surface area contributed by atoms with Crippen molar-refractivity contribution in [2.24, 2.45) is 0 Å². The van der Waals surface area contributed by atoms with Gasteiger partial charge in [-0.3, -0.25) is 9.59 Å². The van der Waals surface area contributed by atoms with E-state index in [1.165, 1.54) is 12.1 Å². The summed E-state index contributed by atoms with van der Waals surface area (Å²) in [5.41, 5.74) is -2.52. The van der Waals surface area contributed by atoms with Crippen LogP contribution in [0.1, 0.15) is 15.9 Å². The van der Waals surface area contributed by atoms with E-state index >= 15 is 0 Å². The van der Waals surface area contributed by atoms with Crippen molar-refractivity contribution >= 4 is 11.6 Å². The van der Waals surface area contributed by atoms with Gasteiger partial charge < -0.3 is 10.3 Å². The molecule has 0 saturated carbocycles. The van der Waals surface area contributed by atoms with Gasteiger partial charge >= 0.3 is 6.18 Å². The maximum Gasteiger partial charge on any atom is 0.418 e. The van der Waals surface area contributed by atoms with Gasteiger partial charge in [-0.25, -0.2) is 4.98 Å². The predicted molar refractivity (Wildman–Crippen MR) is 64.3 cm³/mol. The number of hydrogen-bond donors (Lipinski definition) is 2. The second-order valence-electron chi connectivity index (χ2n) is 3.79. The summed E-state index contributed by atoms with van der Waals surface area (Å²) >= 11 is 0. The van der Waals surface area contributed by atoms with E-state index in [2.05, 4.69) is 15.3 Å². The topological polar surface area (TPSA) is 74.8 Å². The summed E-state index contributed by atoms with van der Waals surface area (Å²) in [4.78, 5) is 28.8. The van der Waals surface area contributed by atoms with Crippen LogP contribution in [0.2, 0.25) is 0 Å². The zero-order chi connectivity index (χ0) is 14.8. The van der Waals surface area contributed by atoms with E-state index in [-0.39, 0.29) is 5.56 Å². The Kier molecular flexibility index (Phi) is 3.55. The molecule has 0 unspecified atom stereocenters. The third-order valence-corrected chi connectivity index (χ3v) is 2.44. The molecule has 2 N–H and O–H groups in total. The second-order valence-corrected chi connectivity index (χ2v) is 3.79. The Hall–Kier alpha value is -2.64. The molecule has 104 valence electrons. The summed E-state index contributed by atoms with van der Waals surface area (Å²) in [6.07, 6.45) is -2.56. The number of rotatable bonds is 2. The SMILES string of the molecule is O=C(Nc1ccccc1C(F)(F)F)c1cnc[nH]c1=O. The molecule has 1 heterocycles. The lowest BCUT2D eigenvalue weighted by Crippen LogP contribution is -2.24. The van der Waals surface area contributed by atoms with Crippen LogP contribution in [-0.4, -0.2) is 15.9 Å². The molecule has 0 fully saturated rings. The molecule has 0 saturated heterocycles. The quantitative estimate of drug-likeness (QED) is 0.885. The molecule has 2 rings (SSSR count). The average molecular weight is 283 g/mol. The molecule has 1 amide bonds. The van der Waals surface area contributed by atoms with E-state index in [0.717, 1.165) is 24.7 Å². The van der Waals surface area contributed by atoms with E-state index in [1.54, 1.807) is 0 Å². The number of hydrogen-bond acceptors (Lipinski definition) is 3. The molecule has 1 aromatic carbocycles. The molecule has 5 nitrogen and oxygen atoms in total. The van der Waals surface area contributed by atoms with Crippen LogP contribution in [0.4, 0.5) is 18.9 Å². The van der Waals surface area contributed by atoms with Crippen LogP contribution in [0.3, 0.4) is 0 Å². The van der Waals surface area contributed by atoms with Crippen molar-refractivity contribution in [3.8, 4) is 0 Å². The van der Waals surface area contributed by atoms with E-state index < -0.39 is 28.9 Å². The third kappa shape index (κ3) is 2.85. The highest BCUT2D eigenvalue weighted by Gasteiger charge is 2.33. The van der Waals surface area contributed by atoms with Crippen LogP contribution >= 0.6 is 0 Å². The maximum absolute atomic E-state index is 12.7. The summed E-state index contributed by atoms with van der Waals surface area (Å²) in [7, 11) is 0. The number of aromatic amines is 1. The van der Waals surface area contributed by atoms with Gasteiger partial charge in [-0.1, -0.05) is 12.1 Å². The Morgan fingerprint density at radius 1 is 1.25 bits per heavy atom. The molecule has 0 aliphatic heterocycles. The molecular weight excluding hydrogens is 275 g/mol. The van der Waals surface area contributed by atoms with Gasteiger partial charge in [-0.15, -0.1) is 0 Å². The molecule has 0 radical (unpaired) electrons. The number of carbonyl (C=O) groups excluding carboxylic acids is 1. The standard InChI is InChI=1S/C12H8F3N3O2/c13-12(14,15)8-3-1-2-4-9(8)18-11(20)7-5-16-6-17-10(7)19/h1-6H,(H,18,20)(H,16,17,19). The number of benzene rings is 1. The Balaban J connectivity index is 2.34. The summed E-state index contributed by atoms with van der Waals surface area (Å²) in [6, 6.07) is 4.49. The lowest BCUT2D eigenvalue weighted by molar-refractivity contribution is -0.136. The second kappa shape index (κ2) is 5.16. The number of nitrogens with zero attached hydrogens (tertiary/aromatic N) is 1. The van der Waals surface area contributed by atoms with Crippen molar-refractivity contribution in [2.75, 3.05) is 5.32 Å². The Labute approximate surface area is 110 Å². The molecule has 1 aromatic heterocycles. The van der Waals surface area contributed by atoms with Gasteiger partial charge in [0.05, 0.1) is 17.6 Å². The highest BCUT2D eigenvalue weighted by atomic mass is 19.4. The van der Waals surface area contributed by atoms with Gasteiger partial charge in [0.2, 0.25) is 0 Å². The summed E-state index contributed by atoms with van der Waals surface area (Å²) < 4.78 is 38.2. The van der Waals surface area contributed by atoms with Gasteiger partial charge in [-0.2, -0.15) is 13.2 Å². The fraction of sp³-hybridized carbons (Fsp3) is 0.0833. The van der Waals surface area contributed by atoms with Crippen LogP contribution in [0.5, 0.6) is 0 Å². The predicted octanol–water partition coefficient (Wildman–Crippen LogP) is 2.04. The summed E-state index contributed by atoms with van der Waals surface area (Å²) in [5, 5.41) is 2.06. The van der Waals surface area contributed by atoms with Crippen LogP contribution in [0, 0.1) is 0 Å². The van der Waals surface area contributed by atoms with Crippen molar-refractivity contribution in [1.29, 1.82) is 0 Å². The minimum Gasteiger partial charge on any atom is -0.321 e. The van der Waals surface area contributed by atoms with Crippen molar-refractivity contribution in [3.05, 3.63) is 58.3 Å². The van der Waals surface area contributed by atoms with Crippen LogP contribution in [0.25, 0.3) is 0 Å². The zero-order valence-corrected chi connectivity index (χ0v) is 9.86. The summed E-state index contributed by atoms with van der Waals surface area (Å²) in [6.45, 7) is 0. The zero-order valence-electron chi connectivity index (χ0n) is 9.86. The molecular formula is C12H8F3N3O2. The first-order valence-corrected chi connectivity index (χ1v) is 5.40. The lowest BCUT2D eigenvalue weighted by atomic mass is 10.1. The molecule has 0 bridgehead atoms. The van der Waals surface area contributed by atoms with Crippen LogP contribution < -0.4 is 10.9 Å². The molecule has 0 atom stereocenters. The number of amides is 1. The monoisotopic (exact) mass is 283 g/mol. The normalized spacial score (nSPS) is 11.2. The molecule has 20 heavy (non-hydrogen) atoms. The van der Waals surface area contributed by atoms with Gasteiger partial charge in [0.25, 0.3) is 11.5 Å². The number of halogens is 3. The van der Waals surface area contributed by atoms with Crippen LogP contribution in [0.15, 0.2) is 41.6 Å². The van der Waals surface area contributed by atoms with Crippen molar-refractivity contribution in [2.45, 2.75) is 6.18 Å². The van der Waals surface area contributed by atoms with E-state index in [4.69, 9.17) is 0 Å². The highest BCUT2D eigenvalue weighted by Crippen LogP contribution is 2.34. The third-order valence-electron chi connectivity index (χ3n) is 2.44. The van der Waals surface area contributed by atoms with Crippen molar-refractivity contribution < 1.29 is 18.0 Å². The average Bonchev–Trinajstić information content (AvgIpc) is 2.38. The van der Waals surface area contributed by atoms with E-state index in [0.29, 0.717) is 0 Å². The minimum atomic E-state index is -4.61. The first-order chi connectivity index (χ1) is 9.39. The Morgan fingerprint density at radius 2 is 1.95 bits per heavy atom. The largest absolute Gasteiger partial charge is 0.418 e. The van der Waals surface area contributed by atoms with Crippen LogP contribution in [-0.2, 0) is 6.18 Å². The van der Waals surface area contributed by atoms with Gasteiger partial charge in [0, 0.05) is 6.20 Å². The molecule has 0 aliphatic carbocycles. The number of aromatic nitrogens is 2. The first kappa shape index (κ1) is 13.8. The fourth-order valence-corrected chi connectivity index (χ4v) is 1.53. The van der Waals surface area contributed by atoms with Gasteiger partial charge in [0.1, 0.15) is 5.56 Å². The van der Waals surface area contributed by atoms with Crippen molar-refractivity contribution in [1.82, 2.24) is 9.97 Å². The van der Waals surface area contributed by atoms with Crippen molar-refractivity contribution in [3.63, 3.8) is 0 Å². The minimum absolute atomic E-state index is 0.371. The van der Waals surface area contributed by atoms with E-state index in [9.17, 15) is 22.8 Å². The molecule has 8 heteroatoms. The number of carbonyl (C=O) groups is 1. The Bertz CT molecular complexity index is 695. The molecule has 0 spiro atoms. The summed E-state index contributed by atoms with van der Waals surface area (Å²) in [5.74, 6) is -0.962. The smallest absolute Gasteiger partial charge is 0.321 e. The van der Waals surface area contributed by atoms with Gasteiger partial charge in [-0.05, 0) is 12.1 Å². The number of H-pyrrole nitrogens is 1. The number of para-hydroxylation sites is 1. The van der Waals surface area contributed by atoms with Gasteiger partial charge in [0.15, 0.2) is 0 Å². The highest BCUT2D eigenvalue weighted by molar-refractivity contribution is 6.04. The Morgan fingerprint density at radius 3 is 2.60 bits per heavy atom. The maximum atomic E-state index is 12.7. The molecule has 2 aromatic rings. The fourth-order valence-electron chi connectivity index (χ4n) is 1.53. The number of nitrogens with one attached hydrogen (secondary N) is 2.